The highest BCUT2D eigenvalue weighted by Crippen LogP contribution is 2.23. The number of nitrogens with one attached hydrogen (secondary N) is 2. The van der Waals surface area contributed by atoms with Crippen LogP contribution in [0, 0.1) is 0 Å². The molecular formula is C20H19N5O4S2. The standard InChI is InChI=1S/C20H19N5O4S2/c26-18(13-30-20-24-23-19(29-20)14-6-2-1-3-7-14)22-15-8-4-9-16(12-15)31(27,28)25-17-10-5-11-21-17/h1-4,6-9,12H,5,10-11,13H2,(H,21,25)(H,22,26). The van der Waals surface area contributed by atoms with E-state index in [4.69, 9.17) is 4.42 Å². The lowest BCUT2D eigenvalue weighted by molar-refractivity contribution is -0.113. The molecule has 0 saturated carbocycles. The number of carbonyl (C=O) groups excluding carboxylic acids is 1. The number of rotatable bonds is 7. The lowest BCUT2D eigenvalue weighted by Gasteiger charge is -2.10. The molecule has 11 heteroatoms. The summed E-state index contributed by atoms with van der Waals surface area (Å²) in [7, 11) is -3.75. The Balaban J connectivity index is 1.35. The maximum Gasteiger partial charge on any atom is 0.277 e. The molecule has 160 valence electrons. The Morgan fingerprint density at radius 2 is 1.94 bits per heavy atom. The molecule has 9 nitrogen and oxygen atoms in total. The smallest absolute Gasteiger partial charge is 0.277 e. The summed E-state index contributed by atoms with van der Waals surface area (Å²) in [5, 5.41) is 10.9. The van der Waals surface area contributed by atoms with Crippen LogP contribution in [0.25, 0.3) is 11.5 Å². The second kappa shape index (κ2) is 9.31. The number of aliphatic imine (C=N–C) groups is 1. The van der Waals surface area contributed by atoms with Gasteiger partial charge in [0.2, 0.25) is 11.8 Å². The number of sulfonamides is 1. The van der Waals surface area contributed by atoms with E-state index in [9.17, 15) is 13.2 Å². The van der Waals surface area contributed by atoms with Crippen LogP contribution in [0.1, 0.15) is 12.8 Å². The fraction of sp³-hybridized carbons (Fsp3) is 0.200. The van der Waals surface area contributed by atoms with Crippen LogP contribution in [-0.2, 0) is 14.8 Å². The van der Waals surface area contributed by atoms with Crippen molar-refractivity contribution in [1.82, 2.24) is 14.9 Å². The summed E-state index contributed by atoms with van der Waals surface area (Å²) in [6.45, 7) is 0.624. The number of hydrogen-bond donors (Lipinski definition) is 2. The minimum Gasteiger partial charge on any atom is -0.411 e. The molecule has 3 aromatic rings. The number of benzene rings is 2. The van der Waals surface area contributed by atoms with Gasteiger partial charge in [0.15, 0.2) is 0 Å². The van der Waals surface area contributed by atoms with E-state index < -0.39 is 10.0 Å². The third kappa shape index (κ3) is 5.50. The van der Waals surface area contributed by atoms with Gasteiger partial charge in [0.1, 0.15) is 5.84 Å². The lowest BCUT2D eigenvalue weighted by Crippen LogP contribution is -2.29. The first-order valence-corrected chi connectivity index (χ1v) is 11.9. The van der Waals surface area contributed by atoms with Gasteiger partial charge in [-0.1, -0.05) is 36.0 Å². The van der Waals surface area contributed by atoms with Crippen LogP contribution in [0.5, 0.6) is 0 Å². The zero-order valence-electron chi connectivity index (χ0n) is 16.3. The predicted molar refractivity (Wildman–Crippen MR) is 117 cm³/mol. The number of hydrogen-bond acceptors (Lipinski definition) is 8. The molecular weight excluding hydrogens is 438 g/mol. The molecule has 0 bridgehead atoms. The Labute approximate surface area is 183 Å². The molecule has 0 radical (unpaired) electrons. The van der Waals surface area contributed by atoms with E-state index in [0.29, 0.717) is 30.4 Å². The van der Waals surface area contributed by atoms with Crippen molar-refractivity contribution in [3.05, 3.63) is 54.6 Å². The largest absolute Gasteiger partial charge is 0.411 e. The van der Waals surface area contributed by atoms with Gasteiger partial charge in [-0.05, 0) is 36.8 Å². The third-order valence-corrected chi connectivity index (χ3v) is 6.51. The van der Waals surface area contributed by atoms with Crippen molar-refractivity contribution in [3.8, 4) is 11.5 Å². The fourth-order valence-electron chi connectivity index (χ4n) is 2.87. The van der Waals surface area contributed by atoms with E-state index in [1.165, 1.54) is 12.1 Å². The average molecular weight is 458 g/mol. The molecule has 0 spiro atoms. The van der Waals surface area contributed by atoms with Crippen molar-refractivity contribution in [1.29, 1.82) is 0 Å². The van der Waals surface area contributed by atoms with Gasteiger partial charge in [-0.3, -0.25) is 14.5 Å². The number of thioether (sulfide) groups is 1. The average Bonchev–Trinajstić information content (AvgIpc) is 3.45. The molecule has 0 saturated heterocycles. The summed E-state index contributed by atoms with van der Waals surface area (Å²) in [5.41, 5.74) is 1.17. The Bertz CT molecular complexity index is 1210. The molecule has 4 rings (SSSR count). The van der Waals surface area contributed by atoms with Crippen LogP contribution < -0.4 is 10.0 Å². The second-order valence-corrected chi connectivity index (χ2v) is 9.25. The normalized spacial score (nSPS) is 13.6. The van der Waals surface area contributed by atoms with Gasteiger partial charge < -0.3 is 9.73 Å². The monoisotopic (exact) mass is 457 g/mol. The number of amides is 1. The second-order valence-electron chi connectivity index (χ2n) is 6.64. The van der Waals surface area contributed by atoms with Crippen molar-refractivity contribution < 1.29 is 17.6 Å². The van der Waals surface area contributed by atoms with E-state index in [2.05, 4.69) is 25.2 Å². The van der Waals surface area contributed by atoms with Crippen LogP contribution >= 0.6 is 11.8 Å². The molecule has 1 aliphatic heterocycles. The van der Waals surface area contributed by atoms with E-state index in [0.717, 1.165) is 23.7 Å². The topological polar surface area (TPSA) is 127 Å². The summed E-state index contributed by atoms with van der Waals surface area (Å²) in [5.74, 6) is 0.538. The van der Waals surface area contributed by atoms with Gasteiger partial charge in [0.05, 0.1) is 10.6 Å². The van der Waals surface area contributed by atoms with Crippen molar-refractivity contribution in [3.63, 3.8) is 0 Å². The summed E-state index contributed by atoms with van der Waals surface area (Å²) in [4.78, 5) is 16.5. The molecule has 0 fully saturated rings. The van der Waals surface area contributed by atoms with E-state index >= 15 is 0 Å². The quantitative estimate of drug-likeness (QED) is 0.522. The molecule has 2 N–H and O–H groups in total. The highest BCUT2D eigenvalue weighted by atomic mass is 32.2. The summed E-state index contributed by atoms with van der Waals surface area (Å²) < 4.78 is 33.1. The SMILES string of the molecule is O=C(CSc1nnc(-c2ccccc2)o1)Nc1cccc(S(=O)(=O)NC2=NCCC2)c1. The highest BCUT2D eigenvalue weighted by Gasteiger charge is 2.19. The van der Waals surface area contributed by atoms with Crippen molar-refractivity contribution in [2.24, 2.45) is 4.99 Å². The van der Waals surface area contributed by atoms with Crippen LogP contribution in [0.4, 0.5) is 5.69 Å². The number of anilines is 1. The van der Waals surface area contributed by atoms with Crippen molar-refractivity contribution in [2.75, 3.05) is 17.6 Å². The van der Waals surface area contributed by atoms with Crippen molar-refractivity contribution in [2.45, 2.75) is 23.0 Å². The van der Waals surface area contributed by atoms with Gasteiger partial charge >= 0.3 is 0 Å². The molecule has 1 amide bonds. The van der Waals surface area contributed by atoms with Crippen LogP contribution in [0.3, 0.4) is 0 Å². The first-order chi connectivity index (χ1) is 15.0. The minimum absolute atomic E-state index is 0.0302. The zero-order valence-corrected chi connectivity index (χ0v) is 17.9. The van der Waals surface area contributed by atoms with Gasteiger partial charge in [-0.2, -0.15) is 0 Å². The highest BCUT2D eigenvalue weighted by molar-refractivity contribution is 7.99. The van der Waals surface area contributed by atoms with Crippen LogP contribution in [0.15, 0.2) is 74.1 Å². The first-order valence-electron chi connectivity index (χ1n) is 9.47. The van der Waals surface area contributed by atoms with Crippen molar-refractivity contribution >= 4 is 39.2 Å². The molecule has 2 aromatic carbocycles. The molecule has 31 heavy (non-hydrogen) atoms. The maximum absolute atomic E-state index is 12.5. The van der Waals surface area contributed by atoms with E-state index in [1.807, 2.05) is 30.3 Å². The number of carbonyl (C=O) groups is 1. The van der Waals surface area contributed by atoms with Gasteiger partial charge in [-0.25, -0.2) is 8.42 Å². The molecule has 1 aromatic heterocycles. The third-order valence-electron chi connectivity index (χ3n) is 4.31. The minimum atomic E-state index is -3.75. The Hall–Kier alpha value is -3.18. The molecule has 0 unspecified atom stereocenters. The zero-order chi connectivity index (χ0) is 21.7. The maximum atomic E-state index is 12.5. The summed E-state index contributed by atoms with van der Waals surface area (Å²) in [6, 6.07) is 15.4. The molecule has 1 aliphatic rings. The summed E-state index contributed by atoms with van der Waals surface area (Å²) in [6.07, 6.45) is 1.44. The van der Waals surface area contributed by atoms with Gasteiger partial charge in [-0.15, -0.1) is 10.2 Å². The number of nitrogens with zero attached hydrogens (tertiary/aromatic N) is 3. The Kier molecular flexibility index (Phi) is 6.33. The lowest BCUT2D eigenvalue weighted by atomic mass is 10.2. The van der Waals surface area contributed by atoms with E-state index in [1.54, 1.807) is 12.1 Å². The Morgan fingerprint density at radius 3 is 2.71 bits per heavy atom. The molecule has 2 heterocycles. The van der Waals surface area contributed by atoms with Gasteiger partial charge in [0, 0.05) is 24.2 Å². The Morgan fingerprint density at radius 1 is 1.10 bits per heavy atom. The predicted octanol–water partition coefficient (Wildman–Crippen LogP) is 2.94. The fourth-order valence-corrected chi connectivity index (χ4v) is 4.57. The van der Waals surface area contributed by atoms with E-state index in [-0.39, 0.29) is 21.8 Å². The first kappa shape index (κ1) is 21.1. The number of amidine groups is 1. The number of aromatic nitrogens is 2. The molecule has 0 aliphatic carbocycles. The van der Waals surface area contributed by atoms with Gasteiger partial charge in [0.25, 0.3) is 15.2 Å². The van der Waals surface area contributed by atoms with Crippen LogP contribution in [0.2, 0.25) is 0 Å². The van der Waals surface area contributed by atoms with Crippen LogP contribution in [-0.4, -0.2) is 42.7 Å². The summed E-state index contributed by atoms with van der Waals surface area (Å²) >= 11 is 1.10. The molecule has 0 atom stereocenters.